The Hall–Kier alpha value is -0.0800. The summed E-state index contributed by atoms with van der Waals surface area (Å²) in [6.45, 7) is 4.62. The van der Waals surface area contributed by atoms with Crippen molar-refractivity contribution in [1.82, 2.24) is 10.6 Å². The van der Waals surface area contributed by atoms with E-state index < -0.39 is 0 Å². The lowest BCUT2D eigenvalue weighted by Crippen LogP contribution is -2.62. The first kappa shape index (κ1) is 9.47. The zero-order valence-electron chi connectivity index (χ0n) is 8.73. The summed E-state index contributed by atoms with van der Waals surface area (Å²) in [5.74, 6) is 0. The maximum Gasteiger partial charge on any atom is 0.0309 e. The standard InChI is InChI=1S/C11H22N2/c1-10-8-12-9-11(13-10)6-4-2-3-5-7-11/h10,12-13H,2-9H2,1H3/t10-/m0/s1. The fourth-order valence-electron chi connectivity index (χ4n) is 2.88. The van der Waals surface area contributed by atoms with Gasteiger partial charge < -0.3 is 10.6 Å². The Kier molecular flexibility index (Phi) is 2.89. The SMILES string of the molecule is C[C@H]1CNCC2(CCCCCC2)N1. The van der Waals surface area contributed by atoms with Gasteiger partial charge in [0.15, 0.2) is 0 Å². The molecule has 13 heavy (non-hydrogen) atoms. The molecule has 2 N–H and O–H groups in total. The summed E-state index contributed by atoms with van der Waals surface area (Å²) in [4.78, 5) is 0. The molecule has 0 amide bonds. The molecule has 2 heteroatoms. The van der Waals surface area contributed by atoms with Gasteiger partial charge >= 0.3 is 0 Å². The minimum absolute atomic E-state index is 0.453. The molecule has 2 aliphatic rings. The highest BCUT2D eigenvalue weighted by Gasteiger charge is 2.33. The molecule has 0 aromatic rings. The number of rotatable bonds is 0. The van der Waals surface area contributed by atoms with Gasteiger partial charge in [0.25, 0.3) is 0 Å². The molecule has 1 saturated carbocycles. The summed E-state index contributed by atoms with van der Waals surface area (Å²) >= 11 is 0. The van der Waals surface area contributed by atoms with E-state index in [0.29, 0.717) is 11.6 Å². The van der Waals surface area contributed by atoms with E-state index in [2.05, 4.69) is 17.6 Å². The summed E-state index contributed by atoms with van der Waals surface area (Å²) in [5.41, 5.74) is 0.453. The zero-order valence-corrected chi connectivity index (χ0v) is 8.73. The van der Waals surface area contributed by atoms with Crippen molar-refractivity contribution in [1.29, 1.82) is 0 Å². The Labute approximate surface area is 81.5 Å². The van der Waals surface area contributed by atoms with E-state index >= 15 is 0 Å². The largest absolute Gasteiger partial charge is 0.313 e. The van der Waals surface area contributed by atoms with Crippen LogP contribution in [0.2, 0.25) is 0 Å². The van der Waals surface area contributed by atoms with Gasteiger partial charge in [0.2, 0.25) is 0 Å². The van der Waals surface area contributed by atoms with Crippen LogP contribution in [0, 0.1) is 0 Å². The van der Waals surface area contributed by atoms with Crippen LogP contribution in [-0.4, -0.2) is 24.7 Å². The molecule has 2 rings (SSSR count). The molecule has 0 aromatic heterocycles. The smallest absolute Gasteiger partial charge is 0.0309 e. The van der Waals surface area contributed by atoms with Crippen LogP contribution in [0.3, 0.4) is 0 Å². The molecule has 2 nitrogen and oxygen atoms in total. The average Bonchev–Trinajstić information content (AvgIpc) is 2.31. The molecule has 1 atom stereocenters. The first-order valence-corrected chi connectivity index (χ1v) is 5.79. The zero-order chi connectivity index (χ0) is 9.15. The first-order valence-electron chi connectivity index (χ1n) is 5.79. The van der Waals surface area contributed by atoms with Gasteiger partial charge in [0.05, 0.1) is 0 Å². The molecule has 1 spiro atoms. The van der Waals surface area contributed by atoms with Crippen molar-refractivity contribution in [2.24, 2.45) is 0 Å². The van der Waals surface area contributed by atoms with Crippen molar-refractivity contribution in [3.8, 4) is 0 Å². The van der Waals surface area contributed by atoms with Crippen molar-refractivity contribution in [3.05, 3.63) is 0 Å². The molecule has 0 bridgehead atoms. The molecule has 1 heterocycles. The van der Waals surface area contributed by atoms with Gasteiger partial charge in [-0.15, -0.1) is 0 Å². The Balaban J connectivity index is 1.99. The van der Waals surface area contributed by atoms with E-state index in [-0.39, 0.29) is 0 Å². The van der Waals surface area contributed by atoms with Crippen molar-refractivity contribution >= 4 is 0 Å². The Bertz CT molecular complexity index is 159. The predicted octanol–water partition coefficient (Wildman–Crippen LogP) is 1.66. The number of hydrogen-bond acceptors (Lipinski definition) is 2. The van der Waals surface area contributed by atoms with Crippen molar-refractivity contribution in [3.63, 3.8) is 0 Å². The maximum absolute atomic E-state index is 3.81. The second-order valence-corrected chi connectivity index (χ2v) is 4.87. The highest BCUT2D eigenvalue weighted by molar-refractivity contribution is 4.96. The molecular weight excluding hydrogens is 160 g/mol. The molecule has 1 aliphatic carbocycles. The summed E-state index contributed by atoms with van der Waals surface area (Å²) < 4.78 is 0. The lowest BCUT2D eigenvalue weighted by Gasteiger charge is -2.41. The van der Waals surface area contributed by atoms with E-state index in [1.54, 1.807) is 0 Å². The average molecular weight is 182 g/mol. The lowest BCUT2D eigenvalue weighted by atomic mass is 9.87. The second kappa shape index (κ2) is 3.97. The van der Waals surface area contributed by atoms with Gasteiger partial charge in [0.1, 0.15) is 0 Å². The van der Waals surface area contributed by atoms with Crippen LogP contribution in [0.1, 0.15) is 45.4 Å². The topological polar surface area (TPSA) is 24.1 Å². The molecule has 76 valence electrons. The summed E-state index contributed by atoms with van der Waals surface area (Å²) in [7, 11) is 0. The van der Waals surface area contributed by atoms with Crippen LogP contribution in [0.15, 0.2) is 0 Å². The van der Waals surface area contributed by atoms with Gasteiger partial charge in [0, 0.05) is 24.7 Å². The summed E-state index contributed by atoms with van der Waals surface area (Å²) in [6.07, 6.45) is 8.48. The second-order valence-electron chi connectivity index (χ2n) is 4.87. The van der Waals surface area contributed by atoms with Crippen molar-refractivity contribution in [2.75, 3.05) is 13.1 Å². The van der Waals surface area contributed by atoms with Crippen molar-refractivity contribution in [2.45, 2.75) is 57.0 Å². The highest BCUT2D eigenvalue weighted by Crippen LogP contribution is 2.28. The monoisotopic (exact) mass is 182 g/mol. The van der Waals surface area contributed by atoms with Gasteiger partial charge in [-0.05, 0) is 19.8 Å². The molecule has 1 saturated heterocycles. The van der Waals surface area contributed by atoms with E-state index in [9.17, 15) is 0 Å². The number of piperazine rings is 1. The highest BCUT2D eigenvalue weighted by atomic mass is 15.1. The minimum Gasteiger partial charge on any atom is -0.313 e. The van der Waals surface area contributed by atoms with E-state index in [1.807, 2.05) is 0 Å². The molecule has 0 radical (unpaired) electrons. The quantitative estimate of drug-likeness (QED) is 0.595. The minimum atomic E-state index is 0.453. The van der Waals surface area contributed by atoms with Gasteiger partial charge in [-0.1, -0.05) is 25.7 Å². The number of nitrogens with one attached hydrogen (secondary N) is 2. The molecular formula is C11H22N2. The summed E-state index contributed by atoms with van der Waals surface area (Å²) in [6, 6.07) is 0.659. The lowest BCUT2D eigenvalue weighted by molar-refractivity contribution is 0.206. The molecule has 0 unspecified atom stereocenters. The Morgan fingerprint density at radius 1 is 1.08 bits per heavy atom. The fourth-order valence-corrected chi connectivity index (χ4v) is 2.88. The summed E-state index contributed by atoms with van der Waals surface area (Å²) in [5, 5.41) is 7.37. The number of hydrogen-bond donors (Lipinski definition) is 2. The molecule has 2 fully saturated rings. The predicted molar refractivity (Wildman–Crippen MR) is 55.9 cm³/mol. The van der Waals surface area contributed by atoms with Crippen LogP contribution >= 0.6 is 0 Å². The van der Waals surface area contributed by atoms with Crippen LogP contribution in [-0.2, 0) is 0 Å². The third-order valence-electron chi connectivity index (χ3n) is 3.53. The van der Waals surface area contributed by atoms with Gasteiger partial charge in [-0.25, -0.2) is 0 Å². The molecule has 0 aromatic carbocycles. The van der Waals surface area contributed by atoms with Crippen molar-refractivity contribution < 1.29 is 0 Å². The normalized spacial score (nSPS) is 34.4. The van der Waals surface area contributed by atoms with Crippen LogP contribution in [0.25, 0.3) is 0 Å². The van der Waals surface area contributed by atoms with E-state index in [0.717, 1.165) is 6.54 Å². The fraction of sp³-hybridized carbons (Fsp3) is 1.00. The third-order valence-corrected chi connectivity index (χ3v) is 3.53. The van der Waals surface area contributed by atoms with Gasteiger partial charge in [-0.2, -0.15) is 0 Å². The van der Waals surface area contributed by atoms with E-state index in [4.69, 9.17) is 0 Å². The van der Waals surface area contributed by atoms with E-state index in [1.165, 1.54) is 45.1 Å². The third kappa shape index (κ3) is 2.23. The van der Waals surface area contributed by atoms with Crippen LogP contribution in [0.5, 0.6) is 0 Å². The van der Waals surface area contributed by atoms with Crippen LogP contribution < -0.4 is 10.6 Å². The van der Waals surface area contributed by atoms with Gasteiger partial charge in [-0.3, -0.25) is 0 Å². The molecule has 1 aliphatic heterocycles. The Morgan fingerprint density at radius 2 is 1.77 bits per heavy atom. The van der Waals surface area contributed by atoms with Crippen LogP contribution in [0.4, 0.5) is 0 Å². The first-order chi connectivity index (χ1) is 6.31. The maximum atomic E-state index is 3.81. The Morgan fingerprint density at radius 3 is 2.38 bits per heavy atom.